The highest BCUT2D eigenvalue weighted by atomic mass is 16.5. The van der Waals surface area contributed by atoms with Crippen LogP contribution in [0.5, 0.6) is 23.0 Å². The number of benzene rings is 2. The summed E-state index contributed by atoms with van der Waals surface area (Å²) in [5.74, 6) is 1.80. The number of ether oxygens (including phenoxy) is 4. The van der Waals surface area contributed by atoms with Gasteiger partial charge >= 0.3 is 0 Å². The largest absolute Gasteiger partial charge is 0.493 e. The van der Waals surface area contributed by atoms with E-state index in [2.05, 4.69) is 17.1 Å². The van der Waals surface area contributed by atoms with Gasteiger partial charge in [0.2, 0.25) is 0 Å². The molecule has 2 aromatic carbocycles. The minimum atomic E-state index is -0.370. The average molecular weight is 370 g/mol. The lowest BCUT2D eigenvalue weighted by Gasteiger charge is -2.09. The molecule has 0 heterocycles. The highest BCUT2D eigenvalue weighted by Gasteiger charge is 2.10. The first-order valence-electron chi connectivity index (χ1n) is 8.10. The van der Waals surface area contributed by atoms with Crippen molar-refractivity contribution in [3.05, 3.63) is 60.2 Å². The molecule has 7 heteroatoms. The molecule has 0 bridgehead atoms. The minimum Gasteiger partial charge on any atom is -0.493 e. The number of carbonyl (C=O) groups is 1. The molecule has 0 saturated heterocycles. The fourth-order valence-electron chi connectivity index (χ4n) is 2.24. The van der Waals surface area contributed by atoms with E-state index in [0.29, 0.717) is 35.2 Å². The summed E-state index contributed by atoms with van der Waals surface area (Å²) in [7, 11) is 4.59. The summed E-state index contributed by atoms with van der Waals surface area (Å²) in [6, 6.07) is 10.2. The average Bonchev–Trinajstić information content (AvgIpc) is 2.71. The lowest BCUT2D eigenvalue weighted by atomic mass is 10.2. The van der Waals surface area contributed by atoms with E-state index in [4.69, 9.17) is 18.9 Å². The van der Waals surface area contributed by atoms with Gasteiger partial charge in [0.1, 0.15) is 6.61 Å². The Hall–Kier alpha value is -3.48. The van der Waals surface area contributed by atoms with Crippen LogP contribution in [0.3, 0.4) is 0 Å². The van der Waals surface area contributed by atoms with Crippen LogP contribution in [0.1, 0.15) is 15.9 Å². The molecule has 2 aromatic rings. The number of nitrogens with one attached hydrogen (secondary N) is 1. The van der Waals surface area contributed by atoms with Crippen LogP contribution in [0.4, 0.5) is 0 Å². The van der Waals surface area contributed by atoms with E-state index in [9.17, 15) is 4.79 Å². The van der Waals surface area contributed by atoms with Crippen LogP contribution in [0, 0.1) is 0 Å². The molecule has 0 unspecified atom stereocenters. The summed E-state index contributed by atoms with van der Waals surface area (Å²) in [5.41, 5.74) is 3.61. The van der Waals surface area contributed by atoms with E-state index in [1.54, 1.807) is 49.6 Å². The molecule has 1 N–H and O–H groups in total. The predicted octanol–water partition coefficient (Wildman–Crippen LogP) is 3.04. The SMILES string of the molecule is C=CCOc1ccc(/C=N\NC(=O)c2ccc(OC)c(OC)c2)cc1OC. The van der Waals surface area contributed by atoms with Crippen molar-refractivity contribution < 1.29 is 23.7 Å². The Morgan fingerprint density at radius 2 is 1.67 bits per heavy atom. The maximum atomic E-state index is 12.2. The summed E-state index contributed by atoms with van der Waals surface area (Å²) in [6.07, 6.45) is 3.16. The summed E-state index contributed by atoms with van der Waals surface area (Å²) in [4.78, 5) is 12.2. The highest BCUT2D eigenvalue weighted by Crippen LogP contribution is 2.28. The Balaban J connectivity index is 2.06. The molecule has 2 rings (SSSR count). The third-order valence-corrected chi connectivity index (χ3v) is 3.57. The van der Waals surface area contributed by atoms with Crippen LogP contribution in [-0.2, 0) is 0 Å². The monoisotopic (exact) mass is 370 g/mol. The minimum absolute atomic E-state index is 0.370. The topological polar surface area (TPSA) is 78.4 Å². The van der Waals surface area contributed by atoms with Crippen molar-refractivity contribution >= 4 is 12.1 Å². The number of amides is 1. The molecule has 142 valence electrons. The fourth-order valence-corrected chi connectivity index (χ4v) is 2.24. The number of hydrazone groups is 1. The summed E-state index contributed by atoms with van der Waals surface area (Å²) >= 11 is 0. The Morgan fingerprint density at radius 3 is 2.33 bits per heavy atom. The highest BCUT2D eigenvalue weighted by molar-refractivity contribution is 5.95. The predicted molar refractivity (Wildman–Crippen MR) is 103 cm³/mol. The van der Waals surface area contributed by atoms with Gasteiger partial charge in [-0.15, -0.1) is 0 Å². The molecule has 0 fully saturated rings. The van der Waals surface area contributed by atoms with Gasteiger partial charge in [-0.05, 0) is 42.0 Å². The zero-order valence-electron chi connectivity index (χ0n) is 15.5. The molecule has 1 amide bonds. The van der Waals surface area contributed by atoms with Crippen molar-refractivity contribution in [3.8, 4) is 23.0 Å². The number of hydrogen-bond acceptors (Lipinski definition) is 6. The van der Waals surface area contributed by atoms with Gasteiger partial charge in [0.05, 0.1) is 27.5 Å². The van der Waals surface area contributed by atoms with Gasteiger partial charge in [-0.3, -0.25) is 4.79 Å². The van der Waals surface area contributed by atoms with Crippen LogP contribution in [0.15, 0.2) is 54.2 Å². The van der Waals surface area contributed by atoms with Gasteiger partial charge in [0.25, 0.3) is 5.91 Å². The quantitative estimate of drug-likeness (QED) is 0.417. The number of carbonyl (C=O) groups excluding carboxylic acids is 1. The first-order chi connectivity index (χ1) is 13.1. The maximum absolute atomic E-state index is 12.2. The van der Waals surface area contributed by atoms with Crippen LogP contribution in [0.2, 0.25) is 0 Å². The van der Waals surface area contributed by atoms with E-state index >= 15 is 0 Å². The van der Waals surface area contributed by atoms with E-state index in [-0.39, 0.29) is 5.91 Å². The molecule has 0 aromatic heterocycles. The summed E-state index contributed by atoms with van der Waals surface area (Å²) in [6.45, 7) is 3.99. The van der Waals surface area contributed by atoms with Crippen molar-refractivity contribution in [1.29, 1.82) is 0 Å². The Kier molecular flexibility index (Phi) is 7.25. The lowest BCUT2D eigenvalue weighted by molar-refractivity contribution is 0.0954. The van der Waals surface area contributed by atoms with Crippen molar-refractivity contribution in [2.24, 2.45) is 5.10 Å². The van der Waals surface area contributed by atoms with Gasteiger partial charge in [0.15, 0.2) is 23.0 Å². The molecule has 7 nitrogen and oxygen atoms in total. The van der Waals surface area contributed by atoms with Crippen LogP contribution >= 0.6 is 0 Å². The second-order valence-electron chi connectivity index (χ2n) is 5.28. The number of hydrogen-bond donors (Lipinski definition) is 1. The third kappa shape index (κ3) is 5.24. The zero-order valence-corrected chi connectivity index (χ0v) is 15.5. The molecule has 0 saturated carbocycles. The van der Waals surface area contributed by atoms with Gasteiger partial charge in [-0.2, -0.15) is 5.10 Å². The van der Waals surface area contributed by atoms with E-state index in [0.717, 1.165) is 5.56 Å². The molecular formula is C20H22N2O5. The standard InChI is InChI=1S/C20H22N2O5/c1-5-10-27-17-8-6-14(11-18(17)25-3)13-21-22-20(23)15-7-9-16(24-2)19(12-15)26-4/h5-9,11-13H,1,10H2,2-4H3,(H,22,23)/b21-13-. The van der Waals surface area contributed by atoms with Crippen LogP contribution in [0.25, 0.3) is 0 Å². The number of rotatable bonds is 9. The molecule has 0 atom stereocenters. The fraction of sp³-hybridized carbons (Fsp3) is 0.200. The van der Waals surface area contributed by atoms with Crippen LogP contribution < -0.4 is 24.4 Å². The molecule has 0 aliphatic heterocycles. The summed E-state index contributed by atoms with van der Waals surface area (Å²) < 4.78 is 21.1. The number of nitrogens with zero attached hydrogens (tertiary/aromatic N) is 1. The first kappa shape index (κ1) is 19.8. The van der Waals surface area contributed by atoms with E-state index in [1.807, 2.05) is 0 Å². The van der Waals surface area contributed by atoms with Gasteiger partial charge in [0, 0.05) is 5.56 Å². The molecule has 0 aliphatic carbocycles. The van der Waals surface area contributed by atoms with E-state index < -0.39 is 0 Å². The van der Waals surface area contributed by atoms with Crippen molar-refractivity contribution in [1.82, 2.24) is 5.43 Å². The zero-order chi connectivity index (χ0) is 19.6. The Labute approximate surface area is 158 Å². The summed E-state index contributed by atoms with van der Waals surface area (Å²) in [5, 5.41) is 3.97. The Bertz CT molecular complexity index is 833. The van der Waals surface area contributed by atoms with Crippen LogP contribution in [-0.4, -0.2) is 40.1 Å². The van der Waals surface area contributed by atoms with Gasteiger partial charge < -0.3 is 18.9 Å². The smallest absolute Gasteiger partial charge is 0.271 e. The second-order valence-corrected chi connectivity index (χ2v) is 5.28. The maximum Gasteiger partial charge on any atom is 0.271 e. The molecule has 0 aliphatic rings. The van der Waals surface area contributed by atoms with Gasteiger partial charge in [-0.1, -0.05) is 12.7 Å². The second kappa shape index (κ2) is 9.86. The van der Waals surface area contributed by atoms with Crippen molar-refractivity contribution in [3.63, 3.8) is 0 Å². The van der Waals surface area contributed by atoms with Crippen molar-refractivity contribution in [2.45, 2.75) is 0 Å². The normalized spacial score (nSPS) is 10.3. The molecule has 27 heavy (non-hydrogen) atoms. The molecule has 0 spiro atoms. The molecular weight excluding hydrogens is 348 g/mol. The molecule has 0 radical (unpaired) electrons. The Morgan fingerprint density at radius 1 is 1.00 bits per heavy atom. The number of methoxy groups -OCH3 is 3. The first-order valence-corrected chi connectivity index (χ1v) is 8.10. The van der Waals surface area contributed by atoms with Crippen molar-refractivity contribution in [2.75, 3.05) is 27.9 Å². The lowest BCUT2D eigenvalue weighted by Crippen LogP contribution is -2.17. The van der Waals surface area contributed by atoms with E-state index in [1.165, 1.54) is 20.4 Å². The van der Waals surface area contributed by atoms with Gasteiger partial charge in [-0.25, -0.2) is 5.43 Å². The third-order valence-electron chi connectivity index (χ3n) is 3.57.